The molecule has 0 aliphatic carbocycles. The van der Waals surface area contributed by atoms with E-state index in [1.54, 1.807) is 24.1 Å². The first-order chi connectivity index (χ1) is 14.9. The molecule has 10 heteroatoms. The summed E-state index contributed by atoms with van der Waals surface area (Å²) >= 11 is 0. The lowest BCUT2D eigenvalue weighted by Crippen LogP contribution is -2.42. The topological polar surface area (TPSA) is 75.2 Å². The van der Waals surface area contributed by atoms with Crippen LogP contribution in [0.3, 0.4) is 0 Å². The van der Waals surface area contributed by atoms with E-state index in [0.29, 0.717) is 36.8 Å². The molecule has 0 saturated carbocycles. The molecule has 31 heavy (non-hydrogen) atoms. The number of amides is 1. The molecule has 2 aromatic carbocycles. The van der Waals surface area contributed by atoms with Crippen LogP contribution in [0.2, 0.25) is 0 Å². The molecule has 0 fully saturated rings. The number of nitrogens with zero attached hydrogens (tertiary/aromatic N) is 2. The number of fused-ring (bicyclic) bond motifs is 1. The van der Waals surface area contributed by atoms with Gasteiger partial charge in [0.2, 0.25) is 0 Å². The van der Waals surface area contributed by atoms with E-state index in [0.717, 1.165) is 5.69 Å². The molecule has 166 valence electrons. The SMILES string of the molecule is CN=C(NCCCN1C(=O)COc2ccccc21)NCc1ccccc1OC(F)(F)F. The van der Waals surface area contributed by atoms with Crippen LogP contribution in [-0.4, -0.2) is 45.0 Å². The average molecular weight is 436 g/mol. The Labute approximate surface area is 177 Å². The molecule has 0 saturated heterocycles. The lowest BCUT2D eigenvalue weighted by molar-refractivity contribution is -0.274. The van der Waals surface area contributed by atoms with Crippen LogP contribution in [0.1, 0.15) is 12.0 Å². The van der Waals surface area contributed by atoms with Crippen LogP contribution < -0.4 is 25.0 Å². The molecule has 0 spiro atoms. The first-order valence-corrected chi connectivity index (χ1v) is 9.68. The van der Waals surface area contributed by atoms with Gasteiger partial charge in [-0.1, -0.05) is 30.3 Å². The number of hydrogen-bond acceptors (Lipinski definition) is 4. The number of hydrogen-bond donors (Lipinski definition) is 2. The summed E-state index contributed by atoms with van der Waals surface area (Å²) in [6.45, 7) is 1.10. The highest BCUT2D eigenvalue weighted by molar-refractivity contribution is 5.97. The van der Waals surface area contributed by atoms with E-state index in [1.807, 2.05) is 24.3 Å². The van der Waals surface area contributed by atoms with Crippen LogP contribution in [0, 0.1) is 0 Å². The third-order valence-electron chi connectivity index (χ3n) is 4.53. The number of carbonyl (C=O) groups is 1. The Balaban J connectivity index is 1.49. The first-order valence-electron chi connectivity index (χ1n) is 9.68. The molecule has 1 aliphatic heterocycles. The molecule has 0 unspecified atom stereocenters. The predicted octanol–water partition coefficient (Wildman–Crippen LogP) is 3.07. The smallest absolute Gasteiger partial charge is 0.482 e. The van der Waals surface area contributed by atoms with Gasteiger partial charge in [0, 0.05) is 32.2 Å². The van der Waals surface area contributed by atoms with Crippen molar-refractivity contribution < 1.29 is 27.4 Å². The van der Waals surface area contributed by atoms with Gasteiger partial charge in [-0.2, -0.15) is 0 Å². The Morgan fingerprint density at radius 2 is 1.90 bits per heavy atom. The summed E-state index contributed by atoms with van der Waals surface area (Å²) in [7, 11) is 1.56. The monoisotopic (exact) mass is 436 g/mol. The minimum atomic E-state index is -4.76. The van der Waals surface area contributed by atoms with Gasteiger partial charge in [0.05, 0.1) is 5.69 Å². The largest absolute Gasteiger partial charge is 0.573 e. The molecule has 1 heterocycles. The maximum absolute atomic E-state index is 12.6. The molecule has 0 aromatic heterocycles. The number of halogens is 3. The Morgan fingerprint density at radius 3 is 2.68 bits per heavy atom. The number of rotatable bonds is 7. The minimum absolute atomic E-state index is 0.00702. The second-order valence-corrected chi connectivity index (χ2v) is 6.66. The summed E-state index contributed by atoms with van der Waals surface area (Å²) < 4.78 is 47.1. The highest BCUT2D eigenvalue weighted by Gasteiger charge is 2.32. The van der Waals surface area contributed by atoms with Crippen molar-refractivity contribution >= 4 is 17.6 Å². The molecule has 2 aromatic rings. The molecule has 2 N–H and O–H groups in total. The highest BCUT2D eigenvalue weighted by atomic mass is 19.4. The highest BCUT2D eigenvalue weighted by Crippen LogP contribution is 2.31. The number of aliphatic imine (C=N–C) groups is 1. The van der Waals surface area contributed by atoms with Crippen molar-refractivity contribution in [2.45, 2.75) is 19.3 Å². The van der Waals surface area contributed by atoms with E-state index < -0.39 is 6.36 Å². The van der Waals surface area contributed by atoms with Gasteiger partial charge in [0.25, 0.3) is 5.91 Å². The fourth-order valence-electron chi connectivity index (χ4n) is 3.12. The van der Waals surface area contributed by atoms with Crippen molar-refractivity contribution in [2.75, 3.05) is 31.6 Å². The van der Waals surface area contributed by atoms with Crippen LogP contribution >= 0.6 is 0 Å². The Morgan fingerprint density at radius 1 is 1.16 bits per heavy atom. The fraction of sp³-hybridized carbons (Fsp3) is 0.333. The van der Waals surface area contributed by atoms with E-state index in [-0.39, 0.29) is 24.8 Å². The van der Waals surface area contributed by atoms with Crippen molar-refractivity contribution in [3.05, 3.63) is 54.1 Å². The maximum atomic E-state index is 12.6. The number of carbonyl (C=O) groups excluding carboxylic acids is 1. The number of nitrogens with one attached hydrogen (secondary N) is 2. The van der Waals surface area contributed by atoms with Gasteiger partial charge in [-0.25, -0.2) is 0 Å². The first kappa shape index (κ1) is 22.3. The zero-order valence-electron chi connectivity index (χ0n) is 16.9. The summed E-state index contributed by atoms with van der Waals surface area (Å²) in [6.07, 6.45) is -4.12. The normalized spacial score (nSPS) is 14.0. The number of benzene rings is 2. The molecule has 0 bridgehead atoms. The molecular formula is C21H23F3N4O3. The van der Waals surface area contributed by atoms with E-state index in [4.69, 9.17) is 4.74 Å². The summed E-state index contributed by atoms with van der Waals surface area (Å²) in [4.78, 5) is 17.9. The Bertz CT molecular complexity index is 934. The molecule has 1 aliphatic rings. The van der Waals surface area contributed by atoms with Gasteiger partial charge in [0.1, 0.15) is 11.5 Å². The summed E-state index contributed by atoms with van der Waals surface area (Å²) in [5.41, 5.74) is 1.08. The van der Waals surface area contributed by atoms with Gasteiger partial charge in [-0.15, -0.1) is 13.2 Å². The molecular weight excluding hydrogens is 413 g/mol. The van der Waals surface area contributed by atoms with Crippen molar-refractivity contribution in [2.24, 2.45) is 4.99 Å². The van der Waals surface area contributed by atoms with Crippen molar-refractivity contribution in [3.63, 3.8) is 0 Å². The number of ether oxygens (including phenoxy) is 2. The fourth-order valence-corrected chi connectivity index (χ4v) is 3.12. The number of alkyl halides is 3. The van der Waals surface area contributed by atoms with E-state index in [2.05, 4.69) is 20.4 Å². The van der Waals surface area contributed by atoms with E-state index >= 15 is 0 Å². The second kappa shape index (κ2) is 10.1. The number of anilines is 1. The standard InChI is InChI=1S/C21H23F3N4O3/c1-25-20(27-13-15-7-2-4-9-17(15)31-21(22,23)24)26-11-6-12-28-16-8-3-5-10-18(16)30-14-19(28)29/h2-5,7-10H,6,11-14H2,1H3,(H2,25,26,27). The molecule has 0 atom stereocenters. The number of guanidine groups is 1. The van der Waals surface area contributed by atoms with Gasteiger partial charge in [-0.3, -0.25) is 9.79 Å². The number of para-hydroxylation sites is 3. The van der Waals surface area contributed by atoms with Crippen LogP contribution in [0.15, 0.2) is 53.5 Å². The van der Waals surface area contributed by atoms with Gasteiger partial charge >= 0.3 is 6.36 Å². The predicted molar refractivity (Wildman–Crippen MR) is 110 cm³/mol. The minimum Gasteiger partial charge on any atom is -0.482 e. The molecule has 0 radical (unpaired) electrons. The second-order valence-electron chi connectivity index (χ2n) is 6.66. The molecule has 3 rings (SSSR count). The van der Waals surface area contributed by atoms with Gasteiger partial charge in [-0.05, 0) is 24.6 Å². The van der Waals surface area contributed by atoms with Crippen molar-refractivity contribution in [1.82, 2.24) is 10.6 Å². The van der Waals surface area contributed by atoms with E-state index in [1.165, 1.54) is 12.1 Å². The van der Waals surface area contributed by atoms with Gasteiger partial charge < -0.3 is 25.0 Å². The summed E-state index contributed by atoms with van der Waals surface area (Å²) in [6, 6.07) is 13.3. The van der Waals surface area contributed by atoms with Crippen LogP contribution in [0.25, 0.3) is 0 Å². The third-order valence-corrected chi connectivity index (χ3v) is 4.53. The van der Waals surface area contributed by atoms with Crippen molar-refractivity contribution in [3.8, 4) is 11.5 Å². The van der Waals surface area contributed by atoms with Gasteiger partial charge in [0.15, 0.2) is 12.6 Å². The third kappa shape index (κ3) is 6.27. The zero-order valence-corrected chi connectivity index (χ0v) is 16.9. The molecule has 1 amide bonds. The lowest BCUT2D eigenvalue weighted by atomic mass is 10.2. The molecule has 7 nitrogen and oxygen atoms in total. The quantitative estimate of drug-likeness (QED) is 0.397. The van der Waals surface area contributed by atoms with Crippen molar-refractivity contribution in [1.29, 1.82) is 0 Å². The summed E-state index contributed by atoms with van der Waals surface area (Å²) in [5, 5.41) is 6.06. The van der Waals surface area contributed by atoms with Crippen LogP contribution in [-0.2, 0) is 11.3 Å². The zero-order chi connectivity index (χ0) is 22.3. The van der Waals surface area contributed by atoms with E-state index in [9.17, 15) is 18.0 Å². The lowest BCUT2D eigenvalue weighted by Gasteiger charge is -2.29. The maximum Gasteiger partial charge on any atom is 0.573 e. The average Bonchev–Trinajstić information content (AvgIpc) is 2.74. The van der Waals surface area contributed by atoms with Crippen LogP contribution in [0.4, 0.5) is 18.9 Å². The summed E-state index contributed by atoms with van der Waals surface area (Å²) in [5.74, 6) is 0.729. The Hall–Kier alpha value is -3.43. The Kier molecular flexibility index (Phi) is 7.22. The van der Waals surface area contributed by atoms with Crippen LogP contribution in [0.5, 0.6) is 11.5 Å².